The second-order valence-corrected chi connectivity index (χ2v) is 6.06. The van der Waals surface area contributed by atoms with Crippen molar-refractivity contribution in [3.05, 3.63) is 0 Å². The maximum Gasteiger partial charge on any atom is 0.0110 e. The highest BCUT2D eigenvalue weighted by atomic mass is 15.2. The van der Waals surface area contributed by atoms with Crippen molar-refractivity contribution in [2.45, 2.75) is 76.8 Å². The number of nitrogens with zero attached hydrogens (tertiary/aromatic N) is 1. The molecular weight excluding hydrogens is 208 g/mol. The first-order valence-electron chi connectivity index (χ1n) is 7.81. The van der Waals surface area contributed by atoms with Crippen molar-refractivity contribution in [3.63, 3.8) is 0 Å². The Balaban J connectivity index is 1.92. The van der Waals surface area contributed by atoms with Crippen molar-refractivity contribution in [1.29, 1.82) is 0 Å². The molecule has 2 rings (SSSR count). The third kappa shape index (κ3) is 3.45. The van der Waals surface area contributed by atoms with Crippen molar-refractivity contribution in [3.8, 4) is 0 Å². The highest BCUT2D eigenvalue weighted by molar-refractivity contribution is 4.86. The molecule has 0 aromatic heterocycles. The summed E-state index contributed by atoms with van der Waals surface area (Å²) < 4.78 is 0. The molecule has 2 nitrogen and oxygen atoms in total. The van der Waals surface area contributed by atoms with E-state index in [1.807, 2.05) is 0 Å². The topological polar surface area (TPSA) is 29.3 Å². The van der Waals surface area contributed by atoms with Gasteiger partial charge in [0.2, 0.25) is 0 Å². The highest BCUT2D eigenvalue weighted by Gasteiger charge is 2.31. The minimum atomic E-state index is 0.800. The minimum absolute atomic E-state index is 0.800. The number of nitrogens with two attached hydrogens (primary N) is 1. The lowest BCUT2D eigenvalue weighted by molar-refractivity contribution is 0.0547. The summed E-state index contributed by atoms with van der Waals surface area (Å²) in [6, 6.07) is 1.68. The Morgan fingerprint density at radius 1 is 1.12 bits per heavy atom. The maximum atomic E-state index is 5.78. The zero-order valence-electron chi connectivity index (χ0n) is 11.5. The smallest absolute Gasteiger partial charge is 0.0110 e. The van der Waals surface area contributed by atoms with Gasteiger partial charge in [-0.25, -0.2) is 0 Å². The molecule has 100 valence electrons. The molecule has 2 heteroatoms. The van der Waals surface area contributed by atoms with E-state index in [9.17, 15) is 0 Å². The zero-order valence-corrected chi connectivity index (χ0v) is 11.5. The van der Waals surface area contributed by atoms with Gasteiger partial charge in [-0.3, -0.25) is 4.90 Å². The van der Waals surface area contributed by atoms with E-state index < -0.39 is 0 Å². The molecule has 0 amide bonds. The van der Waals surface area contributed by atoms with Crippen LogP contribution in [0, 0.1) is 5.92 Å². The largest absolute Gasteiger partial charge is 0.330 e. The maximum absolute atomic E-state index is 5.78. The van der Waals surface area contributed by atoms with Gasteiger partial charge in [0.15, 0.2) is 0 Å². The Morgan fingerprint density at radius 3 is 2.76 bits per heavy atom. The van der Waals surface area contributed by atoms with Gasteiger partial charge in [0.05, 0.1) is 0 Å². The van der Waals surface area contributed by atoms with E-state index in [0.717, 1.165) is 24.5 Å². The van der Waals surface area contributed by atoms with E-state index in [4.69, 9.17) is 5.73 Å². The SMILES string of the molecule is CCC1CCCC(N2CCCCC2CCN)C1. The number of piperidine rings is 1. The van der Waals surface area contributed by atoms with Crippen molar-refractivity contribution >= 4 is 0 Å². The Bertz CT molecular complexity index is 215. The number of rotatable bonds is 4. The molecule has 3 atom stereocenters. The van der Waals surface area contributed by atoms with E-state index >= 15 is 0 Å². The number of hydrogen-bond acceptors (Lipinski definition) is 2. The standard InChI is InChI=1S/C15H30N2/c1-2-13-6-5-8-15(12-13)17-11-4-3-7-14(17)9-10-16/h13-15H,2-12,16H2,1H3. The first-order valence-corrected chi connectivity index (χ1v) is 7.81. The van der Waals surface area contributed by atoms with Crippen molar-refractivity contribution in [2.75, 3.05) is 13.1 Å². The quantitative estimate of drug-likeness (QED) is 0.815. The normalized spacial score (nSPS) is 36.0. The van der Waals surface area contributed by atoms with Crippen LogP contribution in [-0.4, -0.2) is 30.1 Å². The molecule has 0 aromatic carbocycles. The van der Waals surface area contributed by atoms with Crippen molar-refractivity contribution in [2.24, 2.45) is 11.7 Å². The summed E-state index contributed by atoms with van der Waals surface area (Å²) >= 11 is 0. The van der Waals surface area contributed by atoms with E-state index in [-0.39, 0.29) is 0 Å². The van der Waals surface area contributed by atoms with E-state index in [0.29, 0.717) is 0 Å². The molecule has 1 saturated heterocycles. The first kappa shape index (κ1) is 13.4. The Hall–Kier alpha value is -0.0800. The molecule has 2 N–H and O–H groups in total. The van der Waals surface area contributed by atoms with Gasteiger partial charge in [-0.2, -0.15) is 0 Å². The molecule has 3 unspecified atom stereocenters. The van der Waals surface area contributed by atoms with Crippen LogP contribution in [0.15, 0.2) is 0 Å². The van der Waals surface area contributed by atoms with Crippen LogP contribution < -0.4 is 5.73 Å². The van der Waals surface area contributed by atoms with Gasteiger partial charge < -0.3 is 5.73 Å². The van der Waals surface area contributed by atoms with Crippen LogP contribution in [0.4, 0.5) is 0 Å². The fraction of sp³-hybridized carbons (Fsp3) is 1.00. The lowest BCUT2D eigenvalue weighted by Crippen LogP contribution is -2.48. The van der Waals surface area contributed by atoms with Gasteiger partial charge in [0.25, 0.3) is 0 Å². The van der Waals surface area contributed by atoms with E-state index in [1.54, 1.807) is 0 Å². The summed E-state index contributed by atoms with van der Waals surface area (Å²) in [4.78, 5) is 2.83. The van der Waals surface area contributed by atoms with Crippen LogP contribution in [0.25, 0.3) is 0 Å². The van der Waals surface area contributed by atoms with Gasteiger partial charge in [-0.15, -0.1) is 0 Å². The summed E-state index contributed by atoms with van der Waals surface area (Å²) in [6.45, 7) is 4.57. The minimum Gasteiger partial charge on any atom is -0.330 e. The van der Waals surface area contributed by atoms with Crippen molar-refractivity contribution < 1.29 is 0 Å². The van der Waals surface area contributed by atoms with Crippen LogP contribution in [0.1, 0.15) is 64.7 Å². The predicted molar refractivity (Wildman–Crippen MR) is 74.1 cm³/mol. The predicted octanol–water partition coefficient (Wildman–Crippen LogP) is 3.16. The lowest BCUT2D eigenvalue weighted by atomic mass is 9.82. The fourth-order valence-electron chi connectivity index (χ4n) is 3.94. The summed E-state index contributed by atoms with van der Waals surface area (Å²) in [5, 5.41) is 0. The second kappa shape index (κ2) is 6.75. The number of hydrogen-bond donors (Lipinski definition) is 1. The second-order valence-electron chi connectivity index (χ2n) is 6.06. The fourth-order valence-corrected chi connectivity index (χ4v) is 3.94. The van der Waals surface area contributed by atoms with Crippen LogP contribution >= 0.6 is 0 Å². The zero-order chi connectivity index (χ0) is 12.1. The summed E-state index contributed by atoms with van der Waals surface area (Å²) in [7, 11) is 0. The Kier molecular flexibility index (Phi) is 5.30. The van der Waals surface area contributed by atoms with Crippen LogP contribution in [0.3, 0.4) is 0 Å². The van der Waals surface area contributed by atoms with E-state index in [1.165, 1.54) is 64.3 Å². The third-order valence-corrected chi connectivity index (χ3v) is 4.97. The molecule has 17 heavy (non-hydrogen) atoms. The first-order chi connectivity index (χ1) is 8.35. The van der Waals surface area contributed by atoms with Gasteiger partial charge in [-0.05, 0) is 51.1 Å². The summed E-state index contributed by atoms with van der Waals surface area (Å²) in [5.74, 6) is 0.995. The van der Waals surface area contributed by atoms with Crippen LogP contribution in [0.5, 0.6) is 0 Å². The molecule has 0 bridgehead atoms. The summed E-state index contributed by atoms with van der Waals surface area (Å²) in [6.07, 6.45) is 12.6. The van der Waals surface area contributed by atoms with Crippen molar-refractivity contribution in [1.82, 2.24) is 4.90 Å². The van der Waals surface area contributed by atoms with Gasteiger partial charge in [0.1, 0.15) is 0 Å². The third-order valence-electron chi connectivity index (χ3n) is 4.97. The Morgan fingerprint density at radius 2 is 2.00 bits per heavy atom. The van der Waals surface area contributed by atoms with Gasteiger partial charge in [0, 0.05) is 12.1 Å². The van der Waals surface area contributed by atoms with Crippen LogP contribution in [0.2, 0.25) is 0 Å². The lowest BCUT2D eigenvalue weighted by Gasteiger charge is -2.44. The molecule has 1 aliphatic heterocycles. The van der Waals surface area contributed by atoms with Gasteiger partial charge in [-0.1, -0.05) is 32.6 Å². The molecule has 2 fully saturated rings. The average molecular weight is 238 g/mol. The summed E-state index contributed by atoms with van der Waals surface area (Å²) in [5.41, 5.74) is 5.78. The van der Waals surface area contributed by atoms with Crippen LogP contribution in [-0.2, 0) is 0 Å². The Labute approximate surface area is 107 Å². The average Bonchev–Trinajstić information content (AvgIpc) is 2.40. The molecular formula is C15H30N2. The number of likely N-dealkylation sites (tertiary alicyclic amines) is 1. The van der Waals surface area contributed by atoms with E-state index in [2.05, 4.69) is 11.8 Å². The van der Waals surface area contributed by atoms with Gasteiger partial charge >= 0.3 is 0 Å². The highest BCUT2D eigenvalue weighted by Crippen LogP contribution is 2.33. The monoisotopic (exact) mass is 238 g/mol. The molecule has 0 aromatic rings. The molecule has 0 spiro atoms. The molecule has 0 radical (unpaired) electrons. The molecule has 1 heterocycles. The molecule has 1 aliphatic carbocycles. The molecule has 2 aliphatic rings. The molecule has 1 saturated carbocycles.